The highest BCUT2D eigenvalue weighted by molar-refractivity contribution is 7.17. The first-order valence-corrected chi connectivity index (χ1v) is 8.41. The van der Waals surface area contributed by atoms with Crippen LogP contribution in [0.3, 0.4) is 0 Å². The van der Waals surface area contributed by atoms with Crippen LogP contribution in [0.2, 0.25) is 0 Å². The molecule has 1 N–H and O–H groups in total. The summed E-state index contributed by atoms with van der Waals surface area (Å²) in [6.45, 7) is 3.53. The molecule has 1 atom stereocenters. The third kappa shape index (κ3) is 2.70. The Bertz CT molecular complexity index is 535. The van der Waals surface area contributed by atoms with Gasteiger partial charge in [-0.05, 0) is 54.6 Å². The van der Waals surface area contributed by atoms with Gasteiger partial charge in [0, 0.05) is 10.2 Å². The SMILES string of the molecule is CCC1(Cc2csc3ccccc23)CCCCCN1. The average molecular weight is 273 g/mol. The van der Waals surface area contributed by atoms with Crippen molar-refractivity contribution >= 4 is 21.4 Å². The summed E-state index contributed by atoms with van der Waals surface area (Å²) < 4.78 is 1.43. The van der Waals surface area contributed by atoms with Crippen molar-refractivity contribution in [3.8, 4) is 0 Å². The van der Waals surface area contributed by atoms with E-state index in [-0.39, 0.29) is 0 Å². The molecule has 0 spiro atoms. The quantitative estimate of drug-likeness (QED) is 0.850. The molecular formula is C17H23NS. The molecule has 1 nitrogen and oxygen atoms in total. The van der Waals surface area contributed by atoms with Crippen LogP contribution in [0.1, 0.15) is 44.6 Å². The van der Waals surface area contributed by atoms with Crippen LogP contribution in [-0.4, -0.2) is 12.1 Å². The zero-order valence-electron chi connectivity index (χ0n) is 11.7. The number of hydrogen-bond donors (Lipinski definition) is 1. The van der Waals surface area contributed by atoms with Gasteiger partial charge in [-0.1, -0.05) is 38.0 Å². The Kier molecular flexibility index (Phi) is 3.90. The fourth-order valence-corrected chi connectivity index (χ4v) is 4.28. The fourth-order valence-electron chi connectivity index (χ4n) is 3.32. The van der Waals surface area contributed by atoms with Gasteiger partial charge in [0.05, 0.1) is 0 Å². The zero-order valence-corrected chi connectivity index (χ0v) is 12.6. The van der Waals surface area contributed by atoms with Crippen molar-refractivity contribution in [2.45, 2.75) is 51.0 Å². The van der Waals surface area contributed by atoms with E-state index < -0.39 is 0 Å². The molecule has 2 heterocycles. The van der Waals surface area contributed by atoms with Crippen LogP contribution in [0.15, 0.2) is 29.6 Å². The minimum Gasteiger partial charge on any atom is -0.311 e. The van der Waals surface area contributed by atoms with Crippen molar-refractivity contribution in [3.63, 3.8) is 0 Å². The van der Waals surface area contributed by atoms with Crippen molar-refractivity contribution in [2.75, 3.05) is 6.54 Å². The van der Waals surface area contributed by atoms with Gasteiger partial charge in [0.2, 0.25) is 0 Å². The number of benzene rings is 1. The molecule has 2 heteroatoms. The van der Waals surface area contributed by atoms with Gasteiger partial charge >= 0.3 is 0 Å². The van der Waals surface area contributed by atoms with E-state index >= 15 is 0 Å². The highest BCUT2D eigenvalue weighted by Crippen LogP contribution is 2.32. The normalized spacial score (nSPS) is 24.5. The number of fused-ring (bicyclic) bond motifs is 1. The van der Waals surface area contributed by atoms with Gasteiger partial charge in [-0.15, -0.1) is 11.3 Å². The summed E-state index contributed by atoms with van der Waals surface area (Å²) in [5.41, 5.74) is 1.87. The molecule has 0 amide bonds. The Morgan fingerprint density at radius 2 is 2.11 bits per heavy atom. The minimum atomic E-state index is 0.334. The van der Waals surface area contributed by atoms with Gasteiger partial charge < -0.3 is 5.32 Å². The second-order valence-electron chi connectivity index (χ2n) is 5.81. The van der Waals surface area contributed by atoms with Crippen LogP contribution < -0.4 is 5.32 Å². The Hall–Kier alpha value is -0.860. The van der Waals surface area contributed by atoms with E-state index in [4.69, 9.17) is 0 Å². The zero-order chi connectivity index (χ0) is 13.1. The van der Waals surface area contributed by atoms with Crippen LogP contribution in [0.5, 0.6) is 0 Å². The number of nitrogens with one attached hydrogen (secondary N) is 1. The molecule has 1 aromatic carbocycles. The largest absolute Gasteiger partial charge is 0.311 e. The van der Waals surface area contributed by atoms with E-state index in [0.29, 0.717) is 5.54 Å². The lowest BCUT2D eigenvalue weighted by molar-refractivity contribution is 0.303. The first kappa shape index (κ1) is 13.1. The molecule has 1 aliphatic rings. The van der Waals surface area contributed by atoms with E-state index in [9.17, 15) is 0 Å². The van der Waals surface area contributed by atoms with Crippen molar-refractivity contribution in [1.29, 1.82) is 0 Å². The number of hydrogen-bond acceptors (Lipinski definition) is 2. The molecule has 1 aliphatic heterocycles. The molecule has 1 fully saturated rings. The second-order valence-corrected chi connectivity index (χ2v) is 6.72. The van der Waals surface area contributed by atoms with Gasteiger partial charge in [0.15, 0.2) is 0 Å². The molecule has 1 saturated heterocycles. The lowest BCUT2D eigenvalue weighted by Crippen LogP contribution is -2.46. The second kappa shape index (κ2) is 5.64. The number of rotatable bonds is 3. The Morgan fingerprint density at radius 3 is 3.00 bits per heavy atom. The molecule has 0 aliphatic carbocycles. The third-order valence-corrected chi connectivity index (χ3v) is 5.61. The van der Waals surface area contributed by atoms with E-state index in [1.165, 1.54) is 60.7 Å². The molecule has 0 saturated carbocycles. The number of thiophene rings is 1. The Labute approximate surface area is 120 Å². The van der Waals surface area contributed by atoms with Gasteiger partial charge in [0.1, 0.15) is 0 Å². The lowest BCUT2D eigenvalue weighted by atomic mass is 9.84. The summed E-state index contributed by atoms with van der Waals surface area (Å²) in [6.07, 6.45) is 7.85. The van der Waals surface area contributed by atoms with Crippen molar-refractivity contribution in [3.05, 3.63) is 35.2 Å². The standard InChI is InChI=1S/C17H23NS/c1-2-17(10-6-3-7-11-18-17)12-14-13-19-16-9-5-4-8-15(14)16/h4-5,8-9,13,18H,2-3,6-7,10-12H2,1H3. The highest BCUT2D eigenvalue weighted by atomic mass is 32.1. The van der Waals surface area contributed by atoms with Crippen LogP contribution >= 0.6 is 11.3 Å². The highest BCUT2D eigenvalue weighted by Gasteiger charge is 2.29. The van der Waals surface area contributed by atoms with Gasteiger partial charge in [0.25, 0.3) is 0 Å². The molecular weight excluding hydrogens is 250 g/mol. The third-order valence-electron chi connectivity index (χ3n) is 4.60. The van der Waals surface area contributed by atoms with Crippen LogP contribution in [0, 0.1) is 0 Å². The lowest BCUT2D eigenvalue weighted by Gasteiger charge is -2.33. The summed E-state index contributed by atoms with van der Waals surface area (Å²) in [5.74, 6) is 0. The molecule has 102 valence electrons. The van der Waals surface area contributed by atoms with Crippen molar-refractivity contribution in [2.24, 2.45) is 0 Å². The van der Waals surface area contributed by atoms with E-state index in [0.717, 1.165) is 0 Å². The maximum absolute atomic E-state index is 3.85. The Balaban J connectivity index is 1.89. The summed E-state index contributed by atoms with van der Waals surface area (Å²) in [6, 6.07) is 8.82. The smallest absolute Gasteiger partial charge is 0.0345 e. The van der Waals surface area contributed by atoms with Gasteiger partial charge in [-0.25, -0.2) is 0 Å². The summed E-state index contributed by atoms with van der Waals surface area (Å²) >= 11 is 1.89. The van der Waals surface area contributed by atoms with E-state index in [1.54, 1.807) is 0 Å². The first-order chi connectivity index (χ1) is 9.33. The van der Waals surface area contributed by atoms with E-state index in [1.807, 2.05) is 11.3 Å². The minimum absolute atomic E-state index is 0.334. The molecule has 2 aromatic rings. The average Bonchev–Trinajstić information content (AvgIpc) is 2.70. The summed E-state index contributed by atoms with van der Waals surface area (Å²) in [7, 11) is 0. The topological polar surface area (TPSA) is 12.0 Å². The predicted octanol–water partition coefficient (Wildman–Crippen LogP) is 4.76. The molecule has 1 aromatic heterocycles. The molecule has 0 bridgehead atoms. The first-order valence-electron chi connectivity index (χ1n) is 7.53. The summed E-state index contributed by atoms with van der Waals surface area (Å²) in [5, 5.41) is 7.69. The van der Waals surface area contributed by atoms with Crippen LogP contribution in [0.25, 0.3) is 10.1 Å². The van der Waals surface area contributed by atoms with Crippen LogP contribution in [-0.2, 0) is 6.42 Å². The molecule has 0 radical (unpaired) electrons. The van der Waals surface area contributed by atoms with Crippen molar-refractivity contribution < 1.29 is 0 Å². The maximum atomic E-state index is 3.85. The molecule has 3 rings (SSSR count). The van der Waals surface area contributed by atoms with Crippen LogP contribution in [0.4, 0.5) is 0 Å². The Morgan fingerprint density at radius 1 is 1.21 bits per heavy atom. The maximum Gasteiger partial charge on any atom is 0.0345 e. The molecule has 19 heavy (non-hydrogen) atoms. The van der Waals surface area contributed by atoms with Crippen molar-refractivity contribution in [1.82, 2.24) is 5.32 Å². The predicted molar refractivity (Wildman–Crippen MR) is 85.0 cm³/mol. The monoisotopic (exact) mass is 273 g/mol. The van der Waals surface area contributed by atoms with E-state index in [2.05, 4.69) is 41.9 Å². The molecule has 1 unspecified atom stereocenters. The summed E-state index contributed by atoms with van der Waals surface area (Å²) in [4.78, 5) is 0. The van der Waals surface area contributed by atoms with Gasteiger partial charge in [-0.2, -0.15) is 0 Å². The fraction of sp³-hybridized carbons (Fsp3) is 0.529. The van der Waals surface area contributed by atoms with Gasteiger partial charge in [-0.3, -0.25) is 0 Å².